The Morgan fingerprint density at radius 1 is 0.515 bits per heavy atom. The Kier molecular flexibility index (Phi) is 32.7. The van der Waals surface area contributed by atoms with E-state index in [1.807, 2.05) is 36.4 Å². The maximum atomic E-state index is 13.0. The van der Waals surface area contributed by atoms with Gasteiger partial charge in [-0.1, -0.05) is 48.5 Å². The maximum absolute atomic E-state index is 13.0. The topological polar surface area (TPSA) is 204 Å². The number of carbonyl (C=O) groups is 3. The number of rotatable bonds is 43. The smallest absolute Gasteiger partial charge is 0.407 e. The fourth-order valence-corrected chi connectivity index (χ4v) is 6.47. The van der Waals surface area contributed by atoms with E-state index < -0.39 is 23.7 Å². The number of benzene rings is 2. The Labute approximate surface area is 402 Å². The number of nitrogens with one attached hydrogen (secondary N) is 2. The highest BCUT2D eigenvalue weighted by Crippen LogP contribution is 2.44. The van der Waals surface area contributed by atoms with Gasteiger partial charge in [-0.25, -0.2) is 9.59 Å². The molecule has 0 radical (unpaired) electrons. The first-order valence-corrected chi connectivity index (χ1v) is 23.6. The van der Waals surface area contributed by atoms with Gasteiger partial charge < -0.3 is 76.9 Å². The van der Waals surface area contributed by atoms with Crippen molar-refractivity contribution in [3.8, 4) is 11.1 Å². The summed E-state index contributed by atoms with van der Waals surface area (Å²) in [7, 11) is 1.64. The quantitative estimate of drug-likeness (QED) is 0.0713. The van der Waals surface area contributed by atoms with Gasteiger partial charge in [0.15, 0.2) is 0 Å². The van der Waals surface area contributed by atoms with E-state index in [1.54, 1.807) is 27.9 Å². The molecule has 0 saturated carbocycles. The normalized spacial score (nSPS) is 12.7. The first kappa shape index (κ1) is 58.5. The van der Waals surface area contributed by atoms with Crippen LogP contribution in [0.25, 0.3) is 11.1 Å². The molecule has 2 aromatic carbocycles. The lowest BCUT2D eigenvalue weighted by atomic mass is 9.98. The van der Waals surface area contributed by atoms with Gasteiger partial charge in [-0.2, -0.15) is 0 Å². The number of hydrogen-bond donors (Lipinski definition) is 2. The van der Waals surface area contributed by atoms with Crippen LogP contribution in [0.3, 0.4) is 0 Å². The van der Waals surface area contributed by atoms with Crippen molar-refractivity contribution in [2.24, 2.45) is 0 Å². The number of carbonyl (C=O) groups excluding carboxylic acids is 3. The third kappa shape index (κ3) is 28.0. The number of hydrogen-bond acceptors (Lipinski definition) is 17. The van der Waals surface area contributed by atoms with Crippen LogP contribution in [-0.2, 0) is 75.9 Å². The highest BCUT2D eigenvalue weighted by molar-refractivity contribution is 5.83. The molecular formula is C49H78N2O17. The van der Waals surface area contributed by atoms with Gasteiger partial charge in [0.25, 0.3) is 0 Å². The Balaban J connectivity index is 1.05. The number of amides is 2. The fourth-order valence-electron chi connectivity index (χ4n) is 6.47. The summed E-state index contributed by atoms with van der Waals surface area (Å²) >= 11 is 0. The van der Waals surface area contributed by atoms with Crippen molar-refractivity contribution in [2.45, 2.75) is 51.2 Å². The molecule has 1 aliphatic rings. The summed E-state index contributed by atoms with van der Waals surface area (Å²) in [4.78, 5) is 38.6. The monoisotopic (exact) mass is 967 g/mol. The van der Waals surface area contributed by atoms with E-state index in [1.165, 1.54) is 0 Å². The second-order valence-corrected chi connectivity index (χ2v) is 16.2. The standard InChI is InChI=1S/C49H78N2O17/c1-49(2,3)68-47(53)45(51-48(54)67-39-44-42-11-7-5-9-40(42)41-10-6-8-12-43(41)44)13-14-46(52)50-15-16-56-19-20-58-23-24-60-27-28-62-31-32-64-35-36-66-38-37-65-34-33-63-30-29-61-26-25-59-22-21-57-18-17-55-4/h5-12,44-45H,13-39H2,1-4H3,(H,50,52)(H,51,54)/t45-/m0/s1. The van der Waals surface area contributed by atoms with Gasteiger partial charge in [-0.15, -0.1) is 0 Å². The van der Waals surface area contributed by atoms with E-state index in [0.29, 0.717) is 145 Å². The number of esters is 1. The van der Waals surface area contributed by atoms with Crippen molar-refractivity contribution in [3.63, 3.8) is 0 Å². The predicted molar refractivity (Wildman–Crippen MR) is 251 cm³/mol. The Bertz CT molecular complexity index is 1570. The third-order valence-electron chi connectivity index (χ3n) is 9.71. The summed E-state index contributed by atoms with van der Waals surface area (Å²) in [5.74, 6) is -1.08. The molecule has 0 unspecified atom stereocenters. The second-order valence-electron chi connectivity index (χ2n) is 16.2. The van der Waals surface area contributed by atoms with Gasteiger partial charge in [0.2, 0.25) is 5.91 Å². The lowest BCUT2D eigenvalue weighted by Crippen LogP contribution is -2.45. The minimum Gasteiger partial charge on any atom is -0.458 e. The Hall–Kier alpha value is -3.83. The van der Waals surface area contributed by atoms with Gasteiger partial charge in [0.05, 0.1) is 152 Å². The van der Waals surface area contributed by atoms with Gasteiger partial charge in [-0.05, 0) is 49.4 Å². The van der Waals surface area contributed by atoms with Crippen molar-refractivity contribution in [1.29, 1.82) is 0 Å². The molecule has 0 spiro atoms. The molecule has 1 aliphatic carbocycles. The maximum Gasteiger partial charge on any atom is 0.407 e. The molecule has 2 amide bonds. The van der Waals surface area contributed by atoms with E-state index in [4.69, 9.17) is 66.3 Å². The lowest BCUT2D eigenvalue weighted by molar-refractivity contribution is -0.157. The fraction of sp³-hybridized carbons (Fsp3) is 0.694. The van der Waals surface area contributed by atoms with Crippen LogP contribution in [0.1, 0.15) is 50.7 Å². The number of fused-ring (bicyclic) bond motifs is 3. The summed E-state index contributed by atoms with van der Waals surface area (Å²) in [6.07, 6.45) is -0.757. The molecule has 2 aromatic rings. The first-order chi connectivity index (χ1) is 33.2. The second kappa shape index (κ2) is 38.0. The number of ether oxygens (including phenoxy) is 14. The van der Waals surface area contributed by atoms with Crippen LogP contribution in [0, 0.1) is 0 Å². The zero-order chi connectivity index (χ0) is 48.8. The van der Waals surface area contributed by atoms with E-state index in [-0.39, 0.29) is 44.4 Å². The Morgan fingerprint density at radius 2 is 0.868 bits per heavy atom. The molecule has 0 saturated heterocycles. The van der Waals surface area contributed by atoms with Gasteiger partial charge >= 0.3 is 12.1 Å². The molecule has 2 N–H and O–H groups in total. The van der Waals surface area contributed by atoms with Crippen LogP contribution in [0.2, 0.25) is 0 Å². The predicted octanol–water partition coefficient (Wildman–Crippen LogP) is 3.96. The molecule has 68 heavy (non-hydrogen) atoms. The molecule has 386 valence electrons. The zero-order valence-corrected chi connectivity index (χ0v) is 40.8. The van der Waals surface area contributed by atoms with Crippen LogP contribution >= 0.6 is 0 Å². The number of methoxy groups -OCH3 is 1. The van der Waals surface area contributed by atoms with Crippen molar-refractivity contribution >= 4 is 18.0 Å². The van der Waals surface area contributed by atoms with Crippen molar-refractivity contribution in [3.05, 3.63) is 59.7 Å². The molecule has 3 rings (SSSR count). The largest absolute Gasteiger partial charge is 0.458 e. The van der Waals surface area contributed by atoms with Crippen LogP contribution in [0.15, 0.2) is 48.5 Å². The average Bonchev–Trinajstić information content (AvgIpc) is 3.64. The number of alkyl carbamates (subject to hydrolysis) is 1. The van der Waals surface area contributed by atoms with Crippen molar-refractivity contribution in [2.75, 3.05) is 172 Å². The molecule has 19 heteroatoms. The van der Waals surface area contributed by atoms with E-state index in [9.17, 15) is 14.4 Å². The molecular weight excluding hydrogens is 889 g/mol. The third-order valence-corrected chi connectivity index (χ3v) is 9.71. The molecule has 0 heterocycles. The van der Waals surface area contributed by atoms with Crippen LogP contribution < -0.4 is 10.6 Å². The van der Waals surface area contributed by atoms with E-state index >= 15 is 0 Å². The van der Waals surface area contributed by atoms with Crippen LogP contribution in [-0.4, -0.2) is 202 Å². The summed E-state index contributed by atoms with van der Waals surface area (Å²) in [6, 6.07) is 15.0. The van der Waals surface area contributed by atoms with Gasteiger partial charge in [-0.3, -0.25) is 4.79 Å². The molecule has 1 atom stereocenters. The highest BCUT2D eigenvalue weighted by atomic mass is 16.6. The summed E-state index contributed by atoms with van der Waals surface area (Å²) in [6.45, 7) is 16.3. The highest BCUT2D eigenvalue weighted by Gasteiger charge is 2.31. The van der Waals surface area contributed by atoms with E-state index in [0.717, 1.165) is 22.3 Å². The van der Waals surface area contributed by atoms with E-state index in [2.05, 4.69) is 22.8 Å². The SMILES string of the molecule is COCCOCCOCCOCCOCCOCCOCCOCCOCCOCCOCCOCCNC(=O)CC[C@H](NC(=O)OCC1c2ccccc2-c2ccccc21)C(=O)OC(C)(C)C. The summed E-state index contributed by atoms with van der Waals surface area (Å²) in [5, 5.41) is 5.40. The molecule has 0 aliphatic heterocycles. The Morgan fingerprint density at radius 3 is 1.24 bits per heavy atom. The first-order valence-electron chi connectivity index (χ1n) is 23.6. The van der Waals surface area contributed by atoms with Crippen molar-refractivity contribution in [1.82, 2.24) is 10.6 Å². The molecule has 0 bridgehead atoms. The van der Waals surface area contributed by atoms with Crippen LogP contribution in [0.5, 0.6) is 0 Å². The molecule has 0 aromatic heterocycles. The van der Waals surface area contributed by atoms with Crippen LogP contribution in [0.4, 0.5) is 4.79 Å². The lowest BCUT2D eigenvalue weighted by Gasteiger charge is -2.24. The minimum absolute atomic E-state index is 0.0225. The zero-order valence-electron chi connectivity index (χ0n) is 40.8. The summed E-state index contributed by atoms with van der Waals surface area (Å²) in [5.41, 5.74) is 3.58. The summed E-state index contributed by atoms with van der Waals surface area (Å²) < 4.78 is 76.3. The van der Waals surface area contributed by atoms with Crippen molar-refractivity contribution < 1.29 is 80.7 Å². The molecule has 0 fully saturated rings. The minimum atomic E-state index is -1.08. The van der Waals surface area contributed by atoms with Gasteiger partial charge in [0.1, 0.15) is 18.2 Å². The van der Waals surface area contributed by atoms with Gasteiger partial charge in [0, 0.05) is 26.0 Å². The average molecular weight is 967 g/mol. The molecule has 19 nitrogen and oxygen atoms in total.